The zero-order chi connectivity index (χ0) is 26.6. The van der Waals surface area contributed by atoms with E-state index in [0.717, 1.165) is 30.0 Å². The summed E-state index contributed by atoms with van der Waals surface area (Å²) in [4.78, 5) is 11.6. The monoisotopic (exact) mass is 501 g/mol. The van der Waals surface area contributed by atoms with Gasteiger partial charge in [-0.3, -0.25) is 9.97 Å². The standard InChI is InChI=1S/C35H39N3/c1-4-6-24-38(25-7-5-2)35-15-11-10-14-32(35)19-18-31-13-9-8-12-30(31)17-16-29-21-23-37-34(27-29)33-26-28(3)20-22-36-33/h8-23,26-27H,4-7,24-25H2,1-3H3/b17-16-,19-18+. The Morgan fingerprint density at radius 2 is 1.18 bits per heavy atom. The molecular formula is C35H39N3. The minimum absolute atomic E-state index is 0.885. The largest absolute Gasteiger partial charge is 0.371 e. The summed E-state index contributed by atoms with van der Waals surface area (Å²) >= 11 is 0. The average Bonchev–Trinajstić information content (AvgIpc) is 2.96. The molecule has 4 aromatic rings. The maximum atomic E-state index is 4.53. The number of rotatable bonds is 12. The molecule has 0 spiro atoms. The highest BCUT2D eigenvalue weighted by Gasteiger charge is 2.09. The van der Waals surface area contributed by atoms with Crippen LogP contribution in [0.1, 0.15) is 67.3 Å². The third-order valence-corrected chi connectivity index (χ3v) is 6.70. The summed E-state index contributed by atoms with van der Waals surface area (Å²) in [7, 11) is 0. The maximum absolute atomic E-state index is 4.53. The van der Waals surface area contributed by atoms with E-state index < -0.39 is 0 Å². The fraction of sp³-hybridized carbons (Fsp3) is 0.257. The Hall–Kier alpha value is -3.98. The van der Waals surface area contributed by atoms with Crippen LogP contribution < -0.4 is 4.90 Å². The molecule has 0 radical (unpaired) electrons. The van der Waals surface area contributed by atoms with Crippen molar-refractivity contribution in [2.45, 2.75) is 46.5 Å². The molecule has 0 aliphatic heterocycles. The Morgan fingerprint density at radius 3 is 1.84 bits per heavy atom. The third kappa shape index (κ3) is 7.52. The second-order valence-corrected chi connectivity index (χ2v) is 9.74. The van der Waals surface area contributed by atoms with Crippen molar-refractivity contribution in [3.8, 4) is 11.4 Å². The molecule has 0 amide bonds. The number of unbranched alkanes of at least 4 members (excludes halogenated alkanes) is 2. The number of hydrogen-bond acceptors (Lipinski definition) is 3. The molecular weight excluding hydrogens is 462 g/mol. The summed E-state index contributed by atoms with van der Waals surface area (Å²) in [6.45, 7) is 8.81. The minimum atomic E-state index is 0.885. The lowest BCUT2D eigenvalue weighted by Crippen LogP contribution is -2.26. The van der Waals surface area contributed by atoms with Gasteiger partial charge in [0.2, 0.25) is 0 Å². The van der Waals surface area contributed by atoms with Crippen molar-refractivity contribution < 1.29 is 0 Å². The number of anilines is 1. The van der Waals surface area contributed by atoms with Gasteiger partial charge in [-0.05, 0) is 77.9 Å². The van der Waals surface area contributed by atoms with Crippen molar-refractivity contribution in [2.75, 3.05) is 18.0 Å². The molecule has 0 unspecified atom stereocenters. The van der Waals surface area contributed by atoms with Gasteiger partial charge in [0.05, 0.1) is 11.4 Å². The molecule has 0 saturated heterocycles. The Kier molecular flexibility index (Phi) is 10.0. The van der Waals surface area contributed by atoms with Gasteiger partial charge in [0, 0.05) is 31.2 Å². The van der Waals surface area contributed by atoms with E-state index in [1.54, 1.807) is 0 Å². The van der Waals surface area contributed by atoms with Gasteiger partial charge >= 0.3 is 0 Å². The van der Waals surface area contributed by atoms with Crippen molar-refractivity contribution in [1.29, 1.82) is 0 Å². The SMILES string of the molecule is CCCCN(CCCC)c1ccccc1/C=C/c1ccccc1/C=C\c1ccnc(-c2cc(C)ccn2)c1. The molecule has 0 bridgehead atoms. The van der Waals surface area contributed by atoms with Gasteiger partial charge in [0.15, 0.2) is 0 Å². The highest BCUT2D eigenvalue weighted by Crippen LogP contribution is 2.25. The molecule has 0 aliphatic carbocycles. The van der Waals surface area contributed by atoms with Crippen LogP contribution in [0.3, 0.4) is 0 Å². The fourth-order valence-corrected chi connectivity index (χ4v) is 4.51. The molecule has 0 aliphatic rings. The third-order valence-electron chi connectivity index (χ3n) is 6.70. The lowest BCUT2D eigenvalue weighted by atomic mass is 10.0. The molecule has 2 heterocycles. The first-order valence-corrected chi connectivity index (χ1v) is 13.9. The van der Waals surface area contributed by atoms with Gasteiger partial charge in [-0.15, -0.1) is 0 Å². The number of para-hydroxylation sites is 1. The lowest BCUT2D eigenvalue weighted by Gasteiger charge is -2.26. The van der Waals surface area contributed by atoms with Crippen LogP contribution in [0.5, 0.6) is 0 Å². The molecule has 0 fully saturated rings. The van der Waals surface area contributed by atoms with Gasteiger partial charge in [0.1, 0.15) is 0 Å². The van der Waals surface area contributed by atoms with E-state index in [2.05, 4.69) is 121 Å². The Balaban J connectivity index is 1.57. The number of hydrogen-bond donors (Lipinski definition) is 0. The zero-order valence-electron chi connectivity index (χ0n) is 23.0. The molecule has 0 atom stereocenters. The van der Waals surface area contributed by atoms with Crippen LogP contribution in [0.2, 0.25) is 0 Å². The Bertz CT molecular complexity index is 1360. The van der Waals surface area contributed by atoms with E-state index in [0.29, 0.717) is 0 Å². The molecule has 194 valence electrons. The van der Waals surface area contributed by atoms with Gasteiger partial charge in [0.25, 0.3) is 0 Å². The number of aromatic nitrogens is 2. The molecule has 4 rings (SSSR count). The molecule has 38 heavy (non-hydrogen) atoms. The molecule has 3 heteroatoms. The molecule has 0 saturated carbocycles. The summed E-state index contributed by atoms with van der Waals surface area (Å²) in [5.74, 6) is 0. The first kappa shape index (κ1) is 27.1. The Labute approximate surface area is 228 Å². The van der Waals surface area contributed by atoms with E-state index in [-0.39, 0.29) is 0 Å². The summed E-state index contributed by atoms with van der Waals surface area (Å²) < 4.78 is 0. The van der Waals surface area contributed by atoms with Crippen LogP contribution in [0.15, 0.2) is 85.2 Å². The number of nitrogens with zero attached hydrogens (tertiary/aromatic N) is 3. The second-order valence-electron chi connectivity index (χ2n) is 9.74. The van der Waals surface area contributed by atoms with Crippen LogP contribution in [-0.4, -0.2) is 23.1 Å². The van der Waals surface area contributed by atoms with Crippen LogP contribution in [0, 0.1) is 6.92 Å². The van der Waals surface area contributed by atoms with Crippen molar-refractivity contribution >= 4 is 30.0 Å². The van der Waals surface area contributed by atoms with E-state index in [1.807, 2.05) is 24.5 Å². The van der Waals surface area contributed by atoms with Crippen LogP contribution in [-0.2, 0) is 0 Å². The number of benzene rings is 2. The number of aryl methyl sites for hydroxylation is 1. The highest BCUT2D eigenvalue weighted by atomic mass is 15.1. The van der Waals surface area contributed by atoms with Gasteiger partial charge < -0.3 is 4.90 Å². The van der Waals surface area contributed by atoms with Crippen molar-refractivity contribution in [1.82, 2.24) is 9.97 Å². The normalized spacial score (nSPS) is 11.4. The first-order chi connectivity index (χ1) is 18.7. The summed E-state index contributed by atoms with van der Waals surface area (Å²) in [5.41, 5.74) is 9.04. The minimum Gasteiger partial charge on any atom is -0.371 e. The predicted molar refractivity (Wildman–Crippen MR) is 165 cm³/mol. The van der Waals surface area contributed by atoms with Gasteiger partial charge in [-0.1, -0.05) is 93.5 Å². The second kappa shape index (κ2) is 14.1. The maximum Gasteiger partial charge on any atom is 0.0892 e. The first-order valence-electron chi connectivity index (χ1n) is 13.9. The number of pyridine rings is 2. The fourth-order valence-electron chi connectivity index (χ4n) is 4.51. The topological polar surface area (TPSA) is 29.0 Å². The van der Waals surface area contributed by atoms with Crippen molar-refractivity contribution in [2.24, 2.45) is 0 Å². The van der Waals surface area contributed by atoms with Crippen LogP contribution in [0.4, 0.5) is 5.69 Å². The van der Waals surface area contributed by atoms with E-state index >= 15 is 0 Å². The summed E-state index contributed by atoms with van der Waals surface area (Å²) in [5, 5.41) is 0. The molecule has 3 nitrogen and oxygen atoms in total. The lowest BCUT2D eigenvalue weighted by molar-refractivity contribution is 0.677. The zero-order valence-corrected chi connectivity index (χ0v) is 23.0. The van der Waals surface area contributed by atoms with Gasteiger partial charge in [-0.2, -0.15) is 0 Å². The van der Waals surface area contributed by atoms with Gasteiger partial charge in [-0.25, -0.2) is 0 Å². The molecule has 0 N–H and O–H groups in total. The predicted octanol–water partition coefficient (Wildman–Crippen LogP) is 9.20. The Morgan fingerprint density at radius 1 is 0.632 bits per heavy atom. The smallest absolute Gasteiger partial charge is 0.0892 e. The highest BCUT2D eigenvalue weighted by molar-refractivity contribution is 5.82. The van der Waals surface area contributed by atoms with E-state index in [4.69, 9.17) is 0 Å². The summed E-state index contributed by atoms with van der Waals surface area (Å²) in [6, 6.07) is 25.5. The van der Waals surface area contributed by atoms with Crippen molar-refractivity contribution in [3.05, 3.63) is 113 Å². The van der Waals surface area contributed by atoms with Crippen LogP contribution in [0.25, 0.3) is 35.7 Å². The average molecular weight is 502 g/mol. The van der Waals surface area contributed by atoms with Crippen LogP contribution >= 0.6 is 0 Å². The molecule has 2 aromatic carbocycles. The van der Waals surface area contributed by atoms with Crippen molar-refractivity contribution in [3.63, 3.8) is 0 Å². The van der Waals surface area contributed by atoms with E-state index in [1.165, 1.54) is 53.6 Å². The molecule has 2 aromatic heterocycles. The summed E-state index contributed by atoms with van der Waals surface area (Å²) in [6.07, 6.45) is 17.4. The quantitative estimate of drug-likeness (QED) is 0.181. The van der Waals surface area contributed by atoms with E-state index in [9.17, 15) is 0 Å².